The Kier molecular flexibility index (Phi) is 3.62. The number of rotatable bonds is 3. The molecule has 6 heteroatoms. The van der Waals surface area contributed by atoms with Crippen LogP contribution in [-0.4, -0.2) is 34.6 Å². The van der Waals surface area contributed by atoms with Gasteiger partial charge in [0.2, 0.25) is 0 Å². The Morgan fingerprint density at radius 3 is 3.05 bits per heavy atom. The second kappa shape index (κ2) is 5.73. The van der Waals surface area contributed by atoms with E-state index in [4.69, 9.17) is 4.74 Å². The lowest BCUT2D eigenvalue weighted by atomic mass is 10.2. The molecule has 1 aliphatic rings. The number of ether oxygens (including phenoxy) is 1. The second-order valence-electron chi connectivity index (χ2n) is 4.23. The van der Waals surface area contributed by atoms with Crippen molar-refractivity contribution in [3.05, 3.63) is 42.5 Å². The van der Waals surface area contributed by atoms with Crippen LogP contribution in [-0.2, 0) is 4.74 Å². The first-order chi connectivity index (χ1) is 9.42. The lowest BCUT2D eigenvalue weighted by Crippen LogP contribution is -2.33. The summed E-state index contributed by atoms with van der Waals surface area (Å²) in [6.45, 7) is 2.41. The van der Waals surface area contributed by atoms with E-state index in [0.29, 0.717) is 12.4 Å². The molecule has 0 spiro atoms. The van der Waals surface area contributed by atoms with E-state index in [1.54, 1.807) is 18.6 Å². The first kappa shape index (κ1) is 12.0. The summed E-state index contributed by atoms with van der Waals surface area (Å²) in [5.74, 6) is 1.42. The highest BCUT2D eigenvalue weighted by atomic mass is 16.5. The molecule has 3 heterocycles. The van der Waals surface area contributed by atoms with Gasteiger partial charge in [-0.25, -0.2) is 9.97 Å². The molecule has 2 aromatic rings. The zero-order chi connectivity index (χ0) is 12.9. The minimum atomic E-state index is 0.0114. The smallest absolute Gasteiger partial charge is 0.150 e. The van der Waals surface area contributed by atoms with E-state index in [0.717, 1.165) is 24.6 Å². The zero-order valence-electron chi connectivity index (χ0n) is 10.4. The van der Waals surface area contributed by atoms with E-state index in [1.165, 1.54) is 0 Å². The maximum atomic E-state index is 5.69. The third kappa shape index (κ3) is 3.04. The Morgan fingerprint density at radius 1 is 1.26 bits per heavy atom. The van der Waals surface area contributed by atoms with Gasteiger partial charge in [0.25, 0.3) is 0 Å². The van der Waals surface area contributed by atoms with Crippen molar-refractivity contribution < 1.29 is 4.74 Å². The van der Waals surface area contributed by atoms with Gasteiger partial charge in [0.1, 0.15) is 17.7 Å². The largest absolute Gasteiger partial charge is 0.369 e. The highest BCUT2D eigenvalue weighted by Gasteiger charge is 2.17. The lowest BCUT2D eigenvalue weighted by molar-refractivity contribution is 0.0251. The fourth-order valence-electron chi connectivity index (χ4n) is 1.95. The number of hydrogen-bond acceptors (Lipinski definition) is 6. The monoisotopic (exact) mass is 257 g/mol. The maximum absolute atomic E-state index is 5.69. The summed E-state index contributed by atoms with van der Waals surface area (Å²) >= 11 is 0. The number of pyridine rings is 1. The standard InChI is InChI=1S/C13H15N5O/c1-2-10(11-8-15-6-7-19-11)17-12(3-1)18-13-9-14-4-5-16-13/h1-5,9,11,15H,6-8H2,(H,16,17,18)/t11-/m0/s1. The van der Waals surface area contributed by atoms with Crippen LogP contribution in [0, 0.1) is 0 Å². The highest BCUT2D eigenvalue weighted by Crippen LogP contribution is 2.19. The van der Waals surface area contributed by atoms with Crippen molar-refractivity contribution in [3.8, 4) is 0 Å². The Bertz CT molecular complexity index is 528. The minimum absolute atomic E-state index is 0.0114. The molecule has 0 radical (unpaired) electrons. The van der Waals surface area contributed by atoms with Crippen molar-refractivity contribution in [1.82, 2.24) is 20.3 Å². The SMILES string of the molecule is c1cc(Nc2cnccn2)nc([C@@H]2CNCCO2)c1. The van der Waals surface area contributed by atoms with Gasteiger partial charge in [-0.1, -0.05) is 6.07 Å². The van der Waals surface area contributed by atoms with Crippen molar-refractivity contribution in [3.63, 3.8) is 0 Å². The Balaban J connectivity index is 1.76. The van der Waals surface area contributed by atoms with Crippen LogP contribution in [0.5, 0.6) is 0 Å². The molecule has 0 unspecified atom stereocenters. The third-order valence-electron chi connectivity index (χ3n) is 2.85. The van der Waals surface area contributed by atoms with Crippen LogP contribution in [0.25, 0.3) is 0 Å². The Hall–Kier alpha value is -2.05. The second-order valence-corrected chi connectivity index (χ2v) is 4.23. The molecule has 0 amide bonds. The van der Waals surface area contributed by atoms with E-state index in [-0.39, 0.29) is 6.10 Å². The molecule has 0 bridgehead atoms. The number of morpholine rings is 1. The summed E-state index contributed by atoms with van der Waals surface area (Å²) in [4.78, 5) is 12.7. The van der Waals surface area contributed by atoms with E-state index >= 15 is 0 Å². The molecule has 0 aromatic carbocycles. The van der Waals surface area contributed by atoms with E-state index in [2.05, 4.69) is 25.6 Å². The molecule has 0 saturated carbocycles. The van der Waals surface area contributed by atoms with Gasteiger partial charge in [-0.15, -0.1) is 0 Å². The lowest BCUT2D eigenvalue weighted by Gasteiger charge is -2.23. The van der Waals surface area contributed by atoms with Crippen LogP contribution in [0.15, 0.2) is 36.8 Å². The van der Waals surface area contributed by atoms with Gasteiger partial charge in [0.05, 0.1) is 18.5 Å². The van der Waals surface area contributed by atoms with E-state index in [1.807, 2.05) is 18.2 Å². The Labute approximate surface area is 111 Å². The number of anilines is 2. The molecule has 19 heavy (non-hydrogen) atoms. The summed E-state index contributed by atoms with van der Waals surface area (Å²) in [6, 6.07) is 5.83. The number of aromatic nitrogens is 3. The topological polar surface area (TPSA) is 72.0 Å². The van der Waals surface area contributed by atoms with Gasteiger partial charge in [-0.2, -0.15) is 0 Å². The first-order valence-corrected chi connectivity index (χ1v) is 6.24. The summed E-state index contributed by atoms with van der Waals surface area (Å²) in [6.07, 6.45) is 4.95. The number of nitrogens with zero attached hydrogens (tertiary/aromatic N) is 3. The van der Waals surface area contributed by atoms with Gasteiger partial charge in [-0.3, -0.25) is 4.98 Å². The summed E-state index contributed by atoms with van der Waals surface area (Å²) in [7, 11) is 0. The van der Waals surface area contributed by atoms with Gasteiger partial charge >= 0.3 is 0 Å². The van der Waals surface area contributed by atoms with Gasteiger partial charge in [-0.05, 0) is 12.1 Å². The van der Waals surface area contributed by atoms with Crippen molar-refractivity contribution in [2.45, 2.75) is 6.10 Å². The summed E-state index contributed by atoms with van der Waals surface area (Å²) < 4.78 is 5.69. The van der Waals surface area contributed by atoms with Gasteiger partial charge in [0, 0.05) is 25.5 Å². The van der Waals surface area contributed by atoms with E-state index < -0.39 is 0 Å². The number of hydrogen-bond donors (Lipinski definition) is 2. The molecule has 6 nitrogen and oxygen atoms in total. The van der Waals surface area contributed by atoms with Gasteiger partial charge in [0.15, 0.2) is 0 Å². The van der Waals surface area contributed by atoms with Crippen molar-refractivity contribution in [2.24, 2.45) is 0 Å². The molecule has 2 aromatic heterocycles. The fourth-order valence-corrected chi connectivity index (χ4v) is 1.95. The predicted molar refractivity (Wildman–Crippen MR) is 71.1 cm³/mol. The highest BCUT2D eigenvalue weighted by molar-refractivity contribution is 5.50. The normalized spacial score (nSPS) is 19.1. The van der Waals surface area contributed by atoms with Crippen LogP contribution in [0.3, 0.4) is 0 Å². The van der Waals surface area contributed by atoms with Gasteiger partial charge < -0.3 is 15.4 Å². The minimum Gasteiger partial charge on any atom is -0.369 e. The molecule has 1 atom stereocenters. The van der Waals surface area contributed by atoms with E-state index in [9.17, 15) is 0 Å². The van der Waals surface area contributed by atoms with Crippen LogP contribution < -0.4 is 10.6 Å². The molecular formula is C13H15N5O. The van der Waals surface area contributed by atoms with Crippen molar-refractivity contribution in [2.75, 3.05) is 25.0 Å². The van der Waals surface area contributed by atoms with Crippen molar-refractivity contribution >= 4 is 11.6 Å². The summed E-state index contributed by atoms with van der Waals surface area (Å²) in [5, 5.41) is 6.42. The molecule has 2 N–H and O–H groups in total. The third-order valence-corrected chi connectivity index (χ3v) is 2.85. The Morgan fingerprint density at radius 2 is 2.26 bits per heavy atom. The van der Waals surface area contributed by atoms with Crippen LogP contribution in [0.2, 0.25) is 0 Å². The van der Waals surface area contributed by atoms with Crippen LogP contribution >= 0.6 is 0 Å². The quantitative estimate of drug-likeness (QED) is 0.863. The van der Waals surface area contributed by atoms with Crippen LogP contribution in [0.4, 0.5) is 11.6 Å². The van der Waals surface area contributed by atoms with Crippen molar-refractivity contribution in [1.29, 1.82) is 0 Å². The average molecular weight is 257 g/mol. The molecular weight excluding hydrogens is 242 g/mol. The van der Waals surface area contributed by atoms with Crippen LogP contribution in [0.1, 0.15) is 11.8 Å². The predicted octanol–water partition coefficient (Wildman–Crippen LogP) is 1.28. The molecule has 1 saturated heterocycles. The number of nitrogens with one attached hydrogen (secondary N) is 2. The molecule has 1 fully saturated rings. The average Bonchev–Trinajstić information content (AvgIpc) is 2.49. The first-order valence-electron chi connectivity index (χ1n) is 6.24. The molecule has 1 aliphatic heterocycles. The molecule has 98 valence electrons. The zero-order valence-corrected chi connectivity index (χ0v) is 10.4. The molecule has 3 rings (SSSR count). The maximum Gasteiger partial charge on any atom is 0.150 e. The molecule has 0 aliphatic carbocycles. The fraction of sp³-hybridized carbons (Fsp3) is 0.308. The summed E-state index contributed by atoms with van der Waals surface area (Å²) in [5.41, 5.74) is 0.918.